The van der Waals surface area contributed by atoms with Crippen LogP contribution in [-0.2, 0) is 9.59 Å². The minimum absolute atomic E-state index is 0. The Labute approximate surface area is 161 Å². The number of aliphatic hydroxyl groups excluding tert-OH is 2. The largest absolute Gasteiger partial charge is 1.00 e. The van der Waals surface area contributed by atoms with Crippen LogP contribution in [0, 0.1) is 0 Å². The third kappa shape index (κ3) is 52.2. The van der Waals surface area contributed by atoms with Gasteiger partial charge >= 0.3 is 41.5 Å². The fourth-order valence-electron chi connectivity index (χ4n) is 0.814. The van der Waals surface area contributed by atoms with Crippen molar-refractivity contribution < 1.29 is 68.5 Å². The van der Waals surface area contributed by atoms with Crippen molar-refractivity contribution in [2.75, 3.05) is 68.6 Å². The van der Waals surface area contributed by atoms with E-state index in [0.717, 1.165) is 22.1 Å². The Kier molecular flexibility index (Phi) is 22.2. The molecule has 4 N–H and O–H groups in total. The van der Waals surface area contributed by atoms with Crippen molar-refractivity contribution in [3.63, 3.8) is 0 Å². The van der Waals surface area contributed by atoms with Gasteiger partial charge in [0.2, 0.25) is 0 Å². The molecular weight excluding hydrogens is 315 g/mol. The average Bonchev–Trinajstić information content (AvgIpc) is 2.24. The van der Waals surface area contributed by atoms with Crippen LogP contribution < -0.4 is 29.6 Å². The Morgan fingerprint density at radius 3 is 0.957 bits per heavy atom. The number of nitrogens with zero attached hydrogens (tertiary/aromatic N) is 2. The summed E-state index contributed by atoms with van der Waals surface area (Å²) in [7, 11) is 12.3. The number of aliphatic carboxylic acids is 2. The fourth-order valence-corrected chi connectivity index (χ4v) is 0.814. The summed E-state index contributed by atoms with van der Waals surface area (Å²) in [4.78, 5) is 19.3. The van der Waals surface area contributed by atoms with E-state index in [1.54, 1.807) is 0 Å². The molecule has 0 spiro atoms. The van der Waals surface area contributed by atoms with E-state index in [0.29, 0.717) is 0 Å². The van der Waals surface area contributed by atoms with E-state index in [2.05, 4.69) is 42.3 Å². The van der Waals surface area contributed by atoms with Crippen LogP contribution in [0.3, 0.4) is 0 Å². The van der Waals surface area contributed by atoms with Gasteiger partial charge in [-0.2, -0.15) is 0 Å². The van der Waals surface area contributed by atoms with Crippen molar-refractivity contribution in [3.05, 3.63) is 0 Å². The molecule has 0 bridgehead atoms. The van der Waals surface area contributed by atoms with Crippen molar-refractivity contribution in [1.29, 1.82) is 0 Å². The number of carbonyl (C=O) groups is 2. The summed E-state index contributed by atoms with van der Waals surface area (Å²) >= 11 is 0. The Hall–Kier alpha value is -0.220. The van der Waals surface area contributed by atoms with Gasteiger partial charge in [-0.15, -0.1) is 0 Å². The Morgan fingerprint density at radius 1 is 0.696 bits per heavy atom. The third-order valence-electron chi connectivity index (χ3n) is 2.09. The van der Waals surface area contributed by atoms with Gasteiger partial charge in [0.05, 0.1) is 68.3 Å². The van der Waals surface area contributed by atoms with Crippen molar-refractivity contribution in [3.8, 4) is 0 Å². The van der Waals surface area contributed by atoms with Crippen LogP contribution in [0.2, 0.25) is 0 Å². The van der Waals surface area contributed by atoms with Gasteiger partial charge in [-0.25, -0.2) is 0 Å². The Morgan fingerprint density at radius 2 is 0.913 bits per heavy atom. The Bertz CT molecular complexity index is 271. The van der Waals surface area contributed by atoms with Crippen LogP contribution >= 0.6 is 0 Å². The number of likely N-dealkylation sites (N-methyl/N-ethyl adjacent to an activating group) is 2. The number of hydrogen-bond donors (Lipinski definition) is 4. The van der Waals surface area contributed by atoms with Gasteiger partial charge in [-0.1, -0.05) is 0 Å². The second kappa shape index (κ2) is 16.6. The zero-order valence-corrected chi connectivity index (χ0v) is 17.7. The first kappa shape index (κ1) is 30.6. The molecule has 0 aromatic heterocycles. The van der Waals surface area contributed by atoms with Gasteiger partial charge in [0.25, 0.3) is 0 Å². The fraction of sp³-hybridized carbons (Fsp3) is 0.857. The summed E-state index contributed by atoms with van der Waals surface area (Å²) in [6, 6.07) is 0. The van der Waals surface area contributed by atoms with Crippen molar-refractivity contribution in [2.24, 2.45) is 0 Å². The van der Waals surface area contributed by atoms with E-state index in [1.165, 1.54) is 0 Å². The van der Waals surface area contributed by atoms with Crippen LogP contribution in [0.1, 0.15) is 12.8 Å². The van der Waals surface area contributed by atoms with Gasteiger partial charge in [0.1, 0.15) is 13.1 Å². The molecule has 9 heteroatoms. The zero-order valence-electron chi connectivity index (χ0n) is 15.7. The topological polar surface area (TPSA) is 115 Å². The molecule has 0 aromatic rings. The van der Waals surface area contributed by atoms with E-state index in [1.807, 2.05) is 0 Å². The molecule has 23 heavy (non-hydrogen) atoms. The number of hydrogen-bond acceptors (Lipinski definition) is 4. The smallest absolute Gasteiger partial charge is 0.481 e. The molecule has 0 aliphatic rings. The number of rotatable bonds is 7. The van der Waals surface area contributed by atoms with Gasteiger partial charge in [-0.3, -0.25) is 9.59 Å². The first-order valence-electron chi connectivity index (χ1n) is 7.01. The van der Waals surface area contributed by atoms with Crippen molar-refractivity contribution in [1.82, 2.24) is 0 Å². The van der Waals surface area contributed by atoms with Gasteiger partial charge in [-0.05, 0) is 0 Å². The van der Waals surface area contributed by atoms with Gasteiger partial charge < -0.3 is 29.4 Å². The Balaban J connectivity index is -0.000000116. The first-order chi connectivity index (χ1) is 9.75. The van der Waals surface area contributed by atoms with Crippen LogP contribution in [0.15, 0.2) is 0 Å². The number of quaternary nitrogens is 2. The predicted molar refractivity (Wildman–Crippen MR) is 84.5 cm³/mol. The van der Waals surface area contributed by atoms with Crippen molar-refractivity contribution >= 4 is 11.9 Å². The molecular formula is C14H34N2NaO6+3. The molecule has 0 aromatic carbocycles. The number of carboxylic acids is 2. The zero-order chi connectivity index (χ0) is 18.4. The quantitative estimate of drug-likeness (QED) is 0.278. The maximum Gasteiger partial charge on any atom is 1.00 e. The summed E-state index contributed by atoms with van der Waals surface area (Å²) in [6.07, 6.45) is -0.593. The summed E-state index contributed by atoms with van der Waals surface area (Å²) in [5.74, 6) is -2.15. The first-order valence-corrected chi connectivity index (χ1v) is 7.01. The molecule has 0 radical (unpaired) electrons. The van der Waals surface area contributed by atoms with Crippen LogP contribution in [0.4, 0.5) is 0 Å². The molecule has 0 fully saturated rings. The normalized spacial score (nSPS) is 10.3. The molecule has 0 atom stereocenters. The third-order valence-corrected chi connectivity index (χ3v) is 2.09. The monoisotopic (exact) mass is 349 g/mol. The van der Waals surface area contributed by atoms with E-state index < -0.39 is 11.9 Å². The maximum atomic E-state index is 9.64. The van der Waals surface area contributed by atoms with Crippen LogP contribution in [0.25, 0.3) is 0 Å². The molecule has 0 rings (SSSR count). The summed E-state index contributed by atoms with van der Waals surface area (Å²) < 4.78 is 1.69. The molecule has 0 aliphatic heterocycles. The molecule has 0 saturated heterocycles. The van der Waals surface area contributed by atoms with Crippen LogP contribution in [0.5, 0.6) is 0 Å². The van der Waals surface area contributed by atoms with Gasteiger partial charge in [0.15, 0.2) is 0 Å². The second-order valence-corrected chi connectivity index (χ2v) is 6.76. The van der Waals surface area contributed by atoms with Gasteiger partial charge in [0, 0.05) is 0 Å². The molecule has 0 saturated carbocycles. The molecule has 134 valence electrons. The standard InChI is InChI=1S/2C5H14NO.C4H6O4.Na/c2*1-6(2,3)4-5-7;5-3(6)1-2-4(7)8;/h2*7H,4-5H2,1-3H3;1-2H2,(H,5,6)(H,7,8);/q2*+1;;+1. The average molecular weight is 349 g/mol. The SMILES string of the molecule is C[N+](C)(C)CCO.C[N+](C)(C)CCO.O=C(O)CCC(=O)O.[Na+]. The molecule has 0 unspecified atom stereocenters. The van der Waals surface area contributed by atoms with E-state index >= 15 is 0 Å². The predicted octanol–water partition coefficient (Wildman–Crippen LogP) is -3.69. The van der Waals surface area contributed by atoms with E-state index in [4.69, 9.17) is 20.4 Å². The summed E-state index contributed by atoms with van der Waals surface area (Å²) in [6.45, 7) is 2.23. The molecule has 0 aliphatic carbocycles. The summed E-state index contributed by atoms with van der Waals surface area (Å²) in [5, 5.41) is 32.6. The number of carboxylic acid groups (broad SMARTS) is 2. The second-order valence-electron chi connectivity index (χ2n) is 6.76. The minimum Gasteiger partial charge on any atom is -0.481 e. The summed E-state index contributed by atoms with van der Waals surface area (Å²) in [5.41, 5.74) is 0. The minimum atomic E-state index is -1.08. The van der Waals surface area contributed by atoms with Crippen LogP contribution in [-0.4, -0.2) is 110 Å². The maximum absolute atomic E-state index is 9.64. The molecule has 8 nitrogen and oxygen atoms in total. The van der Waals surface area contributed by atoms with E-state index in [9.17, 15) is 9.59 Å². The number of aliphatic hydroxyl groups is 2. The molecule has 0 heterocycles. The van der Waals surface area contributed by atoms with E-state index in [-0.39, 0.29) is 55.6 Å². The molecule has 0 amide bonds. The van der Waals surface area contributed by atoms with Crippen molar-refractivity contribution in [2.45, 2.75) is 12.8 Å².